The van der Waals surface area contributed by atoms with Crippen molar-refractivity contribution in [1.29, 1.82) is 0 Å². The van der Waals surface area contributed by atoms with Gasteiger partial charge in [0.2, 0.25) is 0 Å². The molecule has 0 spiro atoms. The number of rotatable bonds is 3. The zero-order chi connectivity index (χ0) is 10.7. The molecule has 0 atom stereocenters. The fraction of sp³-hybridized carbons (Fsp3) is 0.100. The van der Waals surface area contributed by atoms with Crippen molar-refractivity contribution in [3.05, 3.63) is 45.6 Å². The highest BCUT2D eigenvalue weighted by atomic mass is 35.5. The lowest BCUT2D eigenvalue weighted by molar-refractivity contribution is 0.628. The Bertz CT molecular complexity index is 445. The Morgan fingerprint density at radius 2 is 2.33 bits per heavy atom. The lowest BCUT2D eigenvalue weighted by Crippen LogP contribution is -1.99. The van der Waals surface area contributed by atoms with Crippen molar-refractivity contribution in [2.24, 2.45) is 0 Å². The number of nitrogens with zero attached hydrogens (tertiary/aromatic N) is 1. The van der Waals surface area contributed by atoms with Gasteiger partial charge in [-0.25, -0.2) is 9.37 Å². The predicted octanol–water partition coefficient (Wildman–Crippen LogP) is 3.55. The quantitative estimate of drug-likeness (QED) is 0.891. The van der Waals surface area contributed by atoms with E-state index in [0.29, 0.717) is 17.3 Å². The van der Waals surface area contributed by atoms with E-state index in [1.54, 1.807) is 17.5 Å². The summed E-state index contributed by atoms with van der Waals surface area (Å²) < 4.78 is 12.9. The van der Waals surface area contributed by atoms with E-state index in [1.165, 1.54) is 18.2 Å². The maximum atomic E-state index is 12.9. The molecular weight excluding hydrogens is 235 g/mol. The van der Waals surface area contributed by atoms with Crippen LogP contribution in [0.2, 0.25) is 5.02 Å². The Balaban J connectivity index is 2.07. The molecule has 1 heterocycles. The highest BCUT2D eigenvalue weighted by Crippen LogP contribution is 2.23. The first kappa shape index (κ1) is 10.4. The van der Waals surface area contributed by atoms with Crippen LogP contribution in [0.1, 0.15) is 5.01 Å². The third-order valence-corrected chi connectivity index (χ3v) is 2.95. The van der Waals surface area contributed by atoms with Crippen LogP contribution in [0, 0.1) is 5.82 Å². The minimum atomic E-state index is -0.305. The summed E-state index contributed by atoms with van der Waals surface area (Å²) in [5.41, 5.74) is 0.590. The number of thiazole rings is 1. The van der Waals surface area contributed by atoms with E-state index in [2.05, 4.69) is 10.3 Å². The van der Waals surface area contributed by atoms with Gasteiger partial charge >= 0.3 is 0 Å². The predicted molar refractivity (Wildman–Crippen MR) is 60.9 cm³/mol. The van der Waals surface area contributed by atoms with E-state index < -0.39 is 0 Å². The van der Waals surface area contributed by atoms with Crippen molar-refractivity contribution < 1.29 is 4.39 Å². The molecule has 0 saturated carbocycles. The first-order valence-corrected chi connectivity index (χ1v) is 5.59. The number of hydrogen-bond acceptors (Lipinski definition) is 3. The zero-order valence-corrected chi connectivity index (χ0v) is 9.28. The number of anilines is 1. The van der Waals surface area contributed by atoms with Crippen molar-refractivity contribution >= 4 is 28.6 Å². The number of nitrogens with one attached hydrogen (secondary N) is 1. The van der Waals surface area contributed by atoms with Crippen LogP contribution in [0.4, 0.5) is 10.1 Å². The summed E-state index contributed by atoms with van der Waals surface area (Å²) in [4.78, 5) is 4.10. The summed E-state index contributed by atoms with van der Waals surface area (Å²) in [7, 11) is 0. The monoisotopic (exact) mass is 242 g/mol. The van der Waals surface area contributed by atoms with Crippen LogP contribution in [-0.4, -0.2) is 4.98 Å². The van der Waals surface area contributed by atoms with Gasteiger partial charge in [0.1, 0.15) is 10.8 Å². The molecule has 0 unspecified atom stereocenters. The third kappa shape index (κ3) is 2.67. The van der Waals surface area contributed by atoms with E-state index in [1.807, 2.05) is 5.38 Å². The fourth-order valence-corrected chi connectivity index (χ4v) is 1.88. The molecule has 0 aliphatic carbocycles. The summed E-state index contributed by atoms with van der Waals surface area (Å²) in [6.45, 7) is 0.556. The lowest BCUT2D eigenvalue weighted by Gasteiger charge is -2.06. The van der Waals surface area contributed by atoms with Gasteiger partial charge in [0.25, 0.3) is 0 Å². The molecule has 0 saturated heterocycles. The zero-order valence-electron chi connectivity index (χ0n) is 7.71. The second-order valence-corrected chi connectivity index (χ2v) is 4.29. The van der Waals surface area contributed by atoms with E-state index in [4.69, 9.17) is 11.6 Å². The minimum absolute atomic E-state index is 0.305. The summed E-state index contributed by atoms with van der Waals surface area (Å²) in [5, 5.41) is 6.37. The Morgan fingerprint density at radius 1 is 1.47 bits per heavy atom. The van der Waals surface area contributed by atoms with Gasteiger partial charge in [-0.2, -0.15) is 0 Å². The Morgan fingerprint density at radius 3 is 3.07 bits per heavy atom. The summed E-state index contributed by atoms with van der Waals surface area (Å²) in [6.07, 6.45) is 1.73. The van der Waals surface area contributed by atoms with Crippen molar-refractivity contribution in [1.82, 2.24) is 4.98 Å². The molecule has 0 bridgehead atoms. The van der Waals surface area contributed by atoms with Crippen LogP contribution < -0.4 is 5.32 Å². The maximum absolute atomic E-state index is 12.9. The molecule has 78 valence electrons. The van der Waals surface area contributed by atoms with Crippen molar-refractivity contribution in [3.8, 4) is 0 Å². The highest BCUT2D eigenvalue weighted by Gasteiger charge is 2.02. The van der Waals surface area contributed by atoms with E-state index in [9.17, 15) is 4.39 Å². The number of halogens is 2. The van der Waals surface area contributed by atoms with Crippen molar-refractivity contribution in [3.63, 3.8) is 0 Å². The van der Waals surface area contributed by atoms with Gasteiger partial charge in [-0.15, -0.1) is 11.3 Å². The standard InChI is InChI=1S/C10H8ClFN2S/c11-8-2-1-7(12)5-9(8)14-6-10-13-3-4-15-10/h1-5,14H,6H2. The molecule has 0 aliphatic heterocycles. The van der Waals surface area contributed by atoms with Crippen LogP contribution in [0.5, 0.6) is 0 Å². The van der Waals surface area contributed by atoms with Crippen molar-refractivity contribution in [2.45, 2.75) is 6.54 Å². The fourth-order valence-electron chi connectivity index (χ4n) is 1.14. The second-order valence-electron chi connectivity index (χ2n) is 2.90. The average molecular weight is 243 g/mol. The first-order valence-electron chi connectivity index (χ1n) is 4.33. The summed E-state index contributed by atoms with van der Waals surface area (Å²) in [6, 6.07) is 4.23. The third-order valence-electron chi connectivity index (χ3n) is 1.84. The van der Waals surface area contributed by atoms with Crippen LogP contribution >= 0.6 is 22.9 Å². The lowest BCUT2D eigenvalue weighted by atomic mass is 10.3. The molecule has 1 aromatic carbocycles. The maximum Gasteiger partial charge on any atom is 0.125 e. The van der Waals surface area contributed by atoms with Gasteiger partial charge < -0.3 is 5.32 Å². The SMILES string of the molecule is Fc1ccc(Cl)c(NCc2nccs2)c1. The van der Waals surface area contributed by atoms with Gasteiger partial charge in [-0.05, 0) is 18.2 Å². The molecule has 2 nitrogen and oxygen atoms in total. The summed E-state index contributed by atoms with van der Waals surface area (Å²) in [5.74, 6) is -0.305. The summed E-state index contributed by atoms with van der Waals surface area (Å²) >= 11 is 7.43. The molecule has 1 aromatic heterocycles. The van der Waals surface area contributed by atoms with E-state index in [-0.39, 0.29) is 5.82 Å². The Labute approximate surface area is 95.7 Å². The second kappa shape index (κ2) is 4.59. The van der Waals surface area contributed by atoms with Gasteiger partial charge in [0, 0.05) is 11.6 Å². The minimum Gasteiger partial charge on any atom is -0.377 e. The van der Waals surface area contributed by atoms with E-state index in [0.717, 1.165) is 5.01 Å². The molecule has 2 aromatic rings. The Kier molecular flexibility index (Phi) is 3.18. The highest BCUT2D eigenvalue weighted by molar-refractivity contribution is 7.09. The van der Waals surface area contributed by atoms with Gasteiger partial charge in [-0.1, -0.05) is 11.6 Å². The molecule has 0 aliphatic rings. The number of benzene rings is 1. The normalized spacial score (nSPS) is 10.3. The largest absolute Gasteiger partial charge is 0.377 e. The van der Waals surface area contributed by atoms with Crippen LogP contribution in [0.3, 0.4) is 0 Å². The van der Waals surface area contributed by atoms with Gasteiger partial charge in [0.05, 0.1) is 17.3 Å². The average Bonchev–Trinajstić information content (AvgIpc) is 2.72. The van der Waals surface area contributed by atoms with Gasteiger partial charge in [-0.3, -0.25) is 0 Å². The van der Waals surface area contributed by atoms with Crippen LogP contribution in [0.15, 0.2) is 29.8 Å². The smallest absolute Gasteiger partial charge is 0.125 e. The molecule has 0 fully saturated rings. The number of aromatic nitrogens is 1. The topological polar surface area (TPSA) is 24.9 Å². The van der Waals surface area contributed by atoms with Crippen molar-refractivity contribution in [2.75, 3.05) is 5.32 Å². The molecule has 0 amide bonds. The van der Waals surface area contributed by atoms with E-state index >= 15 is 0 Å². The molecule has 2 rings (SSSR count). The first-order chi connectivity index (χ1) is 7.25. The molecule has 1 N–H and O–H groups in total. The Hall–Kier alpha value is -1.13. The molecule has 15 heavy (non-hydrogen) atoms. The van der Waals surface area contributed by atoms with Crippen LogP contribution in [-0.2, 0) is 6.54 Å². The molecule has 0 radical (unpaired) electrons. The number of hydrogen-bond donors (Lipinski definition) is 1. The van der Waals surface area contributed by atoms with Gasteiger partial charge in [0.15, 0.2) is 0 Å². The molecule has 5 heteroatoms. The molecular formula is C10H8ClFN2S. The van der Waals surface area contributed by atoms with Crippen LogP contribution in [0.25, 0.3) is 0 Å².